The number of amides is 2. The molecule has 0 spiro atoms. The largest absolute Gasteiger partial charge is 0.495 e. The van der Waals surface area contributed by atoms with Crippen LogP contribution in [0, 0.1) is 5.92 Å². The van der Waals surface area contributed by atoms with E-state index in [0.717, 1.165) is 17.1 Å². The lowest BCUT2D eigenvalue weighted by Crippen LogP contribution is -2.39. The third kappa shape index (κ3) is 7.02. The Hall–Kier alpha value is -1.97. The molecule has 1 aliphatic carbocycles. The molecule has 2 aromatic rings. The fourth-order valence-corrected chi connectivity index (χ4v) is 5.54. The molecule has 174 valence electrons. The quantitative estimate of drug-likeness (QED) is 0.334. The van der Waals surface area contributed by atoms with Gasteiger partial charge in [-0.15, -0.1) is 11.8 Å². The van der Waals surface area contributed by atoms with Crippen molar-refractivity contribution in [2.45, 2.75) is 43.2 Å². The minimum absolute atomic E-state index is 0.210. The molecule has 7 nitrogen and oxygen atoms in total. The number of anilines is 2. The van der Waals surface area contributed by atoms with Crippen molar-refractivity contribution in [3.8, 4) is 5.75 Å². The maximum Gasteiger partial charge on any atom is 0.328 e. The average molecular weight is 498 g/mol. The Labute approximate surface area is 201 Å². The Bertz CT molecular complexity index is 918. The van der Waals surface area contributed by atoms with Gasteiger partial charge in [-0.05, 0) is 43.9 Å². The molecular weight excluding hydrogens is 470 g/mol. The molecule has 32 heavy (non-hydrogen) atoms. The molecule has 1 saturated carbocycles. The fourth-order valence-electron chi connectivity index (χ4n) is 3.63. The van der Waals surface area contributed by atoms with Crippen molar-refractivity contribution in [2.75, 3.05) is 36.2 Å². The van der Waals surface area contributed by atoms with Gasteiger partial charge in [0, 0.05) is 12.2 Å². The molecule has 3 rings (SSSR count). The number of thiazole rings is 1. The van der Waals surface area contributed by atoms with Gasteiger partial charge in [0.1, 0.15) is 5.75 Å². The summed E-state index contributed by atoms with van der Waals surface area (Å²) in [5.74, 6) is 0.951. The maximum atomic E-state index is 13.2. The zero-order valence-electron chi connectivity index (χ0n) is 18.3. The normalized spacial score (nSPS) is 14.1. The highest BCUT2D eigenvalue weighted by atomic mass is 35.5. The van der Waals surface area contributed by atoms with Gasteiger partial charge >= 0.3 is 12.0 Å². The predicted octanol–water partition coefficient (Wildman–Crippen LogP) is 6.08. The van der Waals surface area contributed by atoms with Crippen molar-refractivity contribution < 1.29 is 19.1 Å². The zero-order valence-corrected chi connectivity index (χ0v) is 20.7. The molecule has 0 aliphatic heterocycles. The van der Waals surface area contributed by atoms with Gasteiger partial charge in [-0.1, -0.05) is 42.2 Å². The number of halogens is 1. The Balaban J connectivity index is 1.70. The molecule has 1 aromatic carbocycles. The smallest absolute Gasteiger partial charge is 0.328 e. The molecule has 1 aliphatic rings. The lowest BCUT2D eigenvalue weighted by molar-refractivity contribution is -0.139. The Kier molecular flexibility index (Phi) is 9.50. The second-order valence-corrected chi connectivity index (χ2v) is 10.2. The number of carbonyl (C=O) groups excluding carboxylic acids is 2. The number of carbonyl (C=O) groups is 2. The van der Waals surface area contributed by atoms with E-state index in [1.807, 2.05) is 6.07 Å². The lowest BCUT2D eigenvalue weighted by Gasteiger charge is -2.30. The van der Waals surface area contributed by atoms with Gasteiger partial charge in [0.15, 0.2) is 5.13 Å². The van der Waals surface area contributed by atoms with E-state index >= 15 is 0 Å². The molecule has 10 heteroatoms. The maximum absolute atomic E-state index is 13.2. The van der Waals surface area contributed by atoms with E-state index in [2.05, 4.69) is 10.3 Å². The molecular formula is C22H28ClN3O4S2. The number of nitrogens with zero attached hydrogens (tertiary/aromatic N) is 2. The number of aromatic nitrogens is 1. The standard InChI is InChI=1S/C22H28ClN3O4S2/c1-3-30-19(27)14-31-20-12-24-21(32-20)25-22(28)26(13-15-7-5-4-6-8-15)16-9-10-18(29-2)17(23)11-16/h9-12,15H,3-8,13-14H2,1-2H3,(H,24,25,28). The van der Waals surface area contributed by atoms with Crippen molar-refractivity contribution >= 4 is 57.5 Å². The number of esters is 1. The number of hydrogen-bond donors (Lipinski definition) is 1. The number of rotatable bonds is 9. The van der Waals surface area contributed by atoms with E-state index in [1.165, 1.54) is 42.4 Å². The van der Waals surface area contributed by atoms with E-state index in [0.29, 0.717) is 40.7 Å². The van der Waals surface area contributed by atoms with E-state index < -0.39 is 0 Å². The first-order chi connectivity index (χ1) is 15.5. The topological polar surface area (TPSA) is 80.8 Å². The number of thioether (sulfide) groups is 1. The van der Waals surface area contributed by atoms with E-state index in [9.17, 15) is 9.59 Å². The van der Waals surface area contributed by atoms with Crippen LogP contribution < -0.4 is 15.0 Å². The van der Waals surface area contributed by atoms with Crippen molar-refractivity contribution in [2.24, 2.45) is 5.92 Å². The molecule has 1 aromatic heterocycles. The highest BCUT2D eigenvalue weighted by Gasteiger charge is 2.24. The van der Waals surface area contributed by atoms with Gasteiger partial charge in [-0.25, -0.2) is 9.78 Å². The third-order valence-electron chi connectivity index (χ3n) is 5.19. The van der Waals surface area contributed by atoms with Crippen LogP contribution in [0.1, 0.15) is 39.0 Å². The number of hydrogen-bond acceptors (Lipinski definition) is 7. The highest BCUT2D eigenvalue weighted by Crippen LogP contribution is 2.33. The first-order valence-corrected chi connectivity index (χ1v) is 12.8. The number of methoxy groups -OCH3 is 1. The summed E-state index contributed by atoms with van der Waals surface area (Å²) in [6, 6.07) is 5.11. The van der Waals surface area contributed by atoms with Crippen LogP contribution in [0.3, 0.4) is 0 Å². The zero-order chi connectivity index (χ0) is 22.9. The van der Waals surface area contributed by atoms with Crippen LogP contribution in [0.25, 0.3) is 0 Å². The van der Waals surface area contributed by atoms with Gasteiger partial charge in [-0.3, -0.25) is 15.0 Å². The number of urea groups is 1. The highest BCUT2D eigenvalue weighted by molar-refractivity contribution is 8.01. The summed E-state index contributed by atoms with van der Waals surface area (Å²) in [5.41, 5.74) is 0.715. The van der Waals surface area contributed by atoms with Crippen molar-refractivity contribution in [1.29, 1.82) is 0 Å². The second kappa shape index (κ2) is 12.3. The Morgan fingerprint density at radius 3 is 2.78 bits per heavy atom. The van der Waals surface area contributed by atoms with Crippen LogP contribution in [0.4, 0.5) is 15.6 Å². The molecule has 1 N–H and O–H groups in total. The van der Waals surface area contributed by atoms with Gasteiger partial charge in [0.05, 0.1) is 34.9 Å². The summed E-state index contributed by atoms with van der Waals surface area (Å²) < 4.78 is 11.0. The van der Waals surface area contributed by atoms with Crippen LogP contribution >= 0.6 is 34.7 Å². The van der Waals surface area contributed by atoms with Crippen LogP contribution in [0.5, 0.6) is 5.75 Å². The molecule has 1 fully saturated rings. The minimum atomic E-state index is -0.272. The molecule has 0 saturated heterocycles. The van der Waals surface area contributed by atoms with Crippen molar-refractivity contribution in [1.82, 2.24) is 4.98 Å². The molecule has 0 radical (unpaired) electrons. The van der Waals surface area contributed by atoms with Crippen molar-refractivity contribution in [3.05, 3.63) is 29.4 Å². The Morgan fingerprint density at radius 2 is 2.09 bits per heavy atom. The molecule has 0 atom stereocenters. The Morgan fingerprint density at radius 1 is 1.31 bits per heavy atom. The monoisotopic (exact) mass is 497 g/mol. The van der Waals surface area contributed by atoms with Gasteiger partial charge in [-0.2, -0.15) is 0 Å². The number of benzene rings is 1. The third-order valence-corrected chi connectivity index (χ3v) is 7.57. The number of ether oxygens (including phenoxy) is 2. The van der Waals surface area contributed by atoms with E-state index in [1.54, 1.807) is 37.3 Å². The first kappa shape index (κ1) is 24.7. The molecule has 1 heterocycles. The predicted molar refractivity (Wildman–Crippen MR) is 130 cm³/mol. The summed E-state index contributed by atoms with van der Waals surface area (Å²) in [4.78, 5) is 30.8. The second-order valence-electron chi connectivity index (χ2n) is 7.44. The lowest BCUT2D eigenvalue weighted by atomic mass is 9.89. The van der Waals surface area contributed by atoms with Crippen LogP contribution in [-0.4, -0.2) is 43.0 Å². The minimum Gasteiger partial charge on any atom is -0.495 e. The number of nitrogens with one attached hydrogen (secondary N) is 1. The van der Waals surface area contributed by atoms with Gasteiger partial charge in [0.2, 0.25) is 0 Å². The summed E-state index contributed by atoms with van der Waals surface area (Å²) in [6.07, 6.45) is 7.51. The van der Waals surface area contributed by atoms with Gasteiger partial charge < -0.3 is 9.47 Å². The summed E-state index contributed by atoms with van der Waals surface area (Å²) in [6.45, 7) is 2.75. The van der Waals surface area contributed by atoms with Crippen molar-refractivity contribution in [3.63, 3.8) is 0 Å². The van der Waals surface area contributed by atoms with Crippen LogP contribution in [0.15, 0.2) is 28.6 Å². The van der Waals surface area contributed by atoms with E-state index in [4.69, 9.17) is 21.1 Å². The van der Waals surface area contributed by atoms with Gasteiger partial charge in [0.25, 0.3) is 0 Å². The molecule has 0 bridgehead atoms. The van der Waals surface area contributed by atoms with Crippen LogP contribution in [0.2, 0.25) is 5.02 Å². The molecule has 0 unspecified atom stereocenters. The first-order valence-electron chi connectivity index (χ1n) is 10.7. The summed E-state index contributed by atoms with van der Waals surface area (Å²) in [5, 5.41) is 3.84. The SMILES string of the molecule is CCOC(=O)CSc1cnc(NC(=O)N(CC2CCCCC2)c2ccc(OC)c(Cl)c2)s1. The van der Waals surface area contributed by atoms with E-state index in [-0.39, 0.29) is 17.8 Å². The summed E-state index contributed by atoms with van der Waals surface area (Å²) in [7, 11) is 1.56. The fraction of sp³-hybridized carbons (Fsp3) is 0.500. The van der Waals surface area contributed by atoms with Crippen LogP contribution in [-0.2, 0) is 9.53 Å². The molecule has 2 amide bonds. The average Bonchev–Trinajstić information content (AvgIpc) is 3.24. The summed E-state index contributed by atoms with van der Waals surface area (Å²) >= 11 is 9.00.